The Morgan fingerprint density at radius 3 is 2.32 bits per heavy atom. The Morgan fingerprint density at radius 1 is 1.07 bits per heavy atom. The Kier molecular flexibility index (Phi) is 7.93. The molecule has 2 rings (SSSR count). The summed E-state index contributed by atoms with van der Waals surface area (Å²) >= 11 is 0. The van der Waals surface area contributed by atoms with E-state index in [1.165, 1.54) is 17.5 Å². The average molecular weight is 388 g/mol. The van der Waals surface area contributed by atoms with Crippen molar-refractivity contribution in [3.05, 3.63) is 22.9 Å². The molecule has 0 aliphatic heterocycles. The van der Waals surface area contributed by atoms with Gasteiger partial charge in [0.2, 0.25) is 0 Å². The Labute approximate surface area is 170 Å². The molecule has 2 aromatic rings. The van der Waals surface area contributed by atoms with E-state index < -0.39 is 0 Å². The highest BCUT2D eigenvalue weighted by atomic mass is 16.5. The first-order valence-corrected chi connectivity index (χ1v) is 10.4. The Morgan fingerprint density at radius 2 is 1.75 bits per heavy atom. The molecule has 1 aromatic carbocycles. The lowest BCUT2D eigenvalue weighted by Crippen LogP contribution is -2.25. The van der Waals surface area contributed by atoms with Gasteiger partial charge in [0.15, 0.2) is 5.75 Å². The minimum Gasteiger partial charge on any atom is -0.494 e. The maximum absolute atomic E-state index is 5.85. The number of aryl methyl sites for hydroxylation is 2. The zero-order valence-corrected chi connectivity index (χ0v) is 18.9. The van der Waals surface area contributed by atoms with E-state index in [0.29, 0.717) is 6.04 Å². The van der Waals surface area contributed by atoms with Crippen molar-refractivity contribution in [3.63, 3.8) is 0 Å². The average Bonchev–Trinajstić information content (AvgIpc) is 2.69. The summed E-state index contributed by atoms with van der Waals surface area (Å²) in [6.07, 6.45) is 2.27. The molecule has 1 heterocycles. The number of pyridine rings is 1. The standard InChI is InChI=1S/C23H37N3O2/c1-9-26(10-2)13-11-12-15(3)24-19-14-20(27-7)22-21(23(19)28-8)17(5)16(4)18(6)25-22/h14-15,24H,9-13H2,1-8H3. The van der Waals surface area contributed by atoms with E-state index in [-0.39, 0.29) is 0 Å². The molecule has 1 aromatic heterocycles. The van der Waals surface area contributed by atoms with Gasteiger partial charge in [-0.05, 0) is 71.3 Å². The van der Waals surface area contributed by atoms with Crippen molar-refractivity contribution in [1.82, 2.24) is 9.88 Å². The van der Waals surface area contributed by atoms with Crippen molar-refractivity contribution in [2.45, 2.75) is 60.4 Å². The number of hydrogen-bond donors (Lipinski definition) is 1. The number of benzene rings is 1. The van der Waals surface area contributed by atoms with Crippen LogP contribution in [-0.4, -0.2) is 49.8 Å². The first kappa shape index (κ1) is 22.3. The fraction of sp³-hybridized carbons (Fsp3) is 0.609. The van der Waals surface area contributed by atoms with E-state index in [9.17, 15) is 0 Å². The lowest BCUT2D eigenvalue weighted by molar-refractivity contribution is 0.295. The monoisotopic (exact) mass is 387 g/mol. The van der Waals surface area contributed by atoms with Crippen LogP contribution in [-0.2, 0) is 0 Å². The van der Waals surface area contributed by atoms with E-state index in [2.05, 4.69) is 44.8 Å². The van der Waals surface area contributed by atoms with Crippen LogP contribution < -0.4 is 14.8 Å². The molecule has 0 aliphatic rings. The van der Waals surface area contributed by atoms with Crippen LogP contribution in [0, 0.1) is 20.8 Å². The molecule has 0 aliphatic carbocycles. The summed E-state index contributed by atoms with van der Waals surface area (Å²) in [4.78, 5) is 7.25. The van der Waals surface area contributed by atoms with Gasteiger partial charge in [-0.2, -0.15) is 0 Å². The smallest absolute Gasteiger partial charge is 0.151 e. The predicted octanol–water partition coefficient (Wildman–Crippen LogP) is 5.10. The zero-order valence-electron chi connectivity index (χ0n) is 18.9. The number of ether oxygens (including phenoxy) is 2. The molecule has 0 saturated carbocycles. The van der Waals surface area contributed by atoms with Crippen LogP contribution >= 0.6 is 0 Å². The van der Waals surface area contributed by atoms with Gasteiger partial charge in [0.1, 0.15) is 11.3 Å². The summed E-state index contributed by atoms with van der Waals surface area (Å²) in [5, 5.41) is 4.68. The summed E-state index contributed by atoms with van der Waals surface area (Å²) in [5.41, 5.74) is 5.23. The highest BCUT2D eigenvalue weighted by Gasteiger charge is 2.20. The van der Waals surface area contributed by atoms with Gasteiger partial charge in [-0.25, -0.2) is 4.98 Å². The number of hydrogen-bond acceptors (Lipinski definition) is 5. The molecule has 0 radical (unpaired) electrons. The van der Waals surface area contributed by atoms with Gasteiger partial charge in [-0.15, -0.1) is 0 Å². The lowest BCUT2D eigenvalue weighted by Gasteiger charge is -2.23. The van der Waals surface area contributed by atoms with Gasteiger partial charge in [-0.3, -0.25) is 0 Å². The quantitative estimate of drug-likeness (QED) is 0.614. The molecule has 156 valence electrons. The van der Waals surface area contributed by atoms with Gasteiger partial charge in [0.05, 0.1) is 25.3 Å². The van der Waals surface area contributed by atoms with Gasteiger partial charge < -0.3 is 19.7 Å². The van der Waals surface area contributed by atoms with Crippen molar-refractivity contribution in [2.24, 2.45) is 0 Å². The van der Waals surface area contributed by atoms with E-state index >= 15 is 0 Å². The van der Waals surface area contributed by atoms with Crippen molar-refractivity contribution in [2.75, 3.05) is 39.2 Å². The molecule has 1 N–H and O–H groups in total. The number of anilines is 1. The van der Waals surface area contributed by atoms with Gasteiger partial charge in [0, 0.05) is 17.8 Å². The number of fused-ring (bicyclic) bond motifs is 1. The third-order valence-electron chi connectivity index (χ3n) is 5.81. The summed E-state index contributed by atoms with van der Waals surface area (Å²) in [5.74, 6) is 1.62. The first-order chi connectivity index (χ1) is 13.4. The Bertz CT molecular complexity index is 801. The molecule has 0 fully saturated rings. The van der Waals surface area contributed by atoms with Crippen molar-refractivity contribution in [3.8, 4) is 11.5 Å². The lowest BCUT2D eigenvalue weighted by atomic mass is 10.0. The fourth-order valence-corrected chi connectivity index (χ4v) is 3.77. The fourth-order valence-electron chi connectivity index (χ4n) is 3.77. The maximum Gasteiger partial charge on any atom is 0.151 e. The molecule has 0 amide bonds. The molecule has 0 bridgehead atoms. The minimum absolute atomic E-state index is 0.339. The van der Waals surface area contributed by atoms with Crippen LogP contribution in [0.3, 0.4) is 0 Å². The number of methoxy groups -OCH3 is 2. The van der Waals surface area contributed by atoms with Crippen LogP contribution in [0.2, 0.25) is 0 Å². The number of rotatable bonds is 10. The molecule has 28 heavy (non-hydrogen) atoms. The minimum atomic E-state index is 0.339. The maximum atomic E-state index is 5.85. The van der Waals surface area contributed by atoms with Crippen LogP contribution in [0.15, 0.2) is 6.07 Å². The zero-order chi connectivity index (χ0) is 20.8. The van der Waals surface area contributed by atoms with Crippen LogP contribution in [0.1, 0.15) is 50.4 Å². The summed E-state index contributed by atoms with van der Waals surface area (Å²) in [6, 6.07) is 2.36. The molecule has 0 saturated heterocycles. The second-order valence-electron chi connectivity index (χ2n) is 7.54. The SMILES string of the molecule is CCN(CC)CCCC(C)Nc1cc(OC)c2nc(C)c(C)c(C)c2c1OC. The predicted molar refractivity (Wildman–Crippen MR) is 119 cm³/mol. The van der Waals surface area contributed by atoms with Crippen molar-refractivity contribution in [1.29, 1.82) is 0 Å². The molecular weight excluding hydrogens is 350 g/mol. The first-order valence-electron chi connectivity index (χ1n) is 10.4. The van der Waals surface area contributed by atoms with Gasteiger partial charge in [-0.1, -0.05) is 13.8 Å². The summed E-state index contributed by atoms with van der Waals surface area (Å²) < 4.78 is 11.5. The summed E-state index contributed by atoms with van der Waals surface area (Å²) in [7, 11) is 3.43. The van der Waals surface area contributed by atoms with Crippen LogP contribution in [0.5, 0.6) is 11.5 Å². The second-order valence-corrected chi connectivity index (χ2v) is 7.54. The van der Waals surface area contributed by atoms with Crippen LogP contribution in [0.4, 0.5) is 5.69 Å². The number of aromatic nitrogens is 1. The van der Waals surface area contributed by atoms with E-state index in [0.717, 1.165) is 59.8 Å². The highest BCUT2D eigenvalue weighted by molar-refractivity contribution is 5.98. The Hall–Kier alpha value is -2.01. The molecule has 0 spiro atoms. The second kappa shape index (κ2) is 9.97. The van der Waals surface area contributed by atoms with E-state index in [1.807, 2.05) is 13.0 Å². The van der Waals surface area contributed by atoms with Crippen molar-refractivity contribution >= 4 is 16.6 Å². The molecular formula is C23H37N3O2. The van der Waals surface area contributed by atoms with Gasteiger partial charge in [0.25, 0.3) is 0 Å². The normalized spacial score (nSPS) is 12.5. The topological polar surface area (TPSA) is 46.6 Å². The van der Waals surface area contributed by atoms with Crippen molar-refractivity contribution < 1.29 is 9.47 Å². The molecule has 1 unspecified atom stereocenters. The number of nitrogens with zero attached hydrogens (tertiary/aromatic N) is 2. The summed E-state index contributed by atoms with van der Waals surface area (Å²) in [6.45, 7) is 16.3. The third kappa shape index (κ3) is 4.69. The molecule has 5 heteroatoms. The number of nitrogens with one attached hydrogen (secondary N) is 1. The largest absolute Gasteiger partial charge is 0.494 e. The molecule has 5 nitrogen and oxygen atoms in total. The highest BCUT2D eigenvalue weighted by Crippen LogP contribution is 2.42. The van der Waals surface area contributed by atoms with E-state index in [4.69, 9.17) is 14.5 Å². The van der Waals surface area contributed by atoms with Crippen LogP contribution in [0.25, 0.3) is 10.9 Å². The van der Waals surface area contributed by atoms with E-state index in [1.54, 1.807) is 14.2 Å². The third-order valence-corrected chi connectivity index (χ3v) is 5.81. The van der Waals surface area contributed by atoms with Gasteiger partial charge >= 0.3 is 0 Å². The Balaban J connectivity index is 2.34. The molecule has 1 atom stereocenters.